The van der Waals surface area contributed by atoms with Crippen molar-refractivity contribution in [1.82, 2.24) is 9.80 Å². The van der Waals surface area contributed by atoms with E-state index in [0.29, 0.717) is 17.8 Å². The molecule has 0 spiro atoms. The standard InChI is InChI=1S/C26H36N2O/c1-19(2)15-27-16-23(25(18-27)24-14-10-9-11-21(24)5)17-28(20(3)4)26(29)22-12-7-6-8-13-22/h6-14,19-20,23,25H,15-18H2,1-5H3. The van der Waals surface area contributed by atoms with E-state index in [1.54, 1.807) is 0 Å². The minimum Gasteiger partial charge on any atom is -0.336 e. The van der Waals surface area contributed by atoms with Gasteiger partial charge >= 0.3 is 0 Å². The van der Waals surface area contributed by atoms with Crippen molar-refractivity contribution in [1.29, 1.82) is 0 Å². The quantitative estimate of drug-likeness (QED) is 0.645. The molecule has 0 bridgehead atoms. The van der Waals surface area contributed by atoms with Gasteiger partial charge in [-0.25, -0.2) is 0 Å². The topological polar surface area (TPSA) is 23.6 Å². The van der Waals surface area contributed by atoms with E-state index in [1.165, 1.54) is 11.1 Å². The summed E-state index contributed by atoms with van der Waals surface area (Å²) in [6, 6.07) is 18.7. The number of amides is 1. The molecular formula is C26H36N2O. The van der Waals surface area contributed by atoms with Crippen LogP contribution in [-0.2, 0) is 0 Å². The maximum absolute atomic E-state index is 13.3. The van der Waals surface area contributed by atoms with Gasteiger partial charge in [-0.1, -0.05) is 56.3 Å². The summed E-state index contributed by atoms with van der Waals surface area (Å²) in [5, 5.41) is 0. The van der Waals surface area contributed by atoms with Gasteiger partial charge in [-0.05, 0) is 55.9 Å². The lowest BCUT2D eigenvalue weighted by Gasteiger charge is -2.32. The Kier molecular flexibility index (Phi) is 7.13. The third-order valence-electron chi connectivity index (χ3n) is 6.06. The summed E-state index contributed by atoms with van der Waals surface area (Å²) < 4.78 is 0. The van der Waals surface area contributed by atoms with Crippen LogP contribution in [0.3, 0.4) is 0 Å². The first-order valence-corrected chi connectivity index (χ1v) is 11.0. The lowest BCUT2D eigenvalue weighted by Crippen LogP contribution is -2.42. The number of carbonyl (C=O) groups is 1. The molecule has 0 aromatic heterocycles. The molecule has 29 heavy (non-hydrogen) atoms. The van der Waals surface area contributed by atoms with Crippen molar-refractivity contribution in [3.8, 4) is 0 Å². The molecule has 2 aromatic rings. The summed E-state index contributed by atoms with van der Waals surface area (Å²) >= 11 is 0. The number of nitrogens with zero attached hydrogens (tertiary/aromatic N) is 2. The van der Waals surface area contributed by atoms with E-state index in [0.717, 1.165) is 31.7 Å². The number of hydrogen-bond donors (Lipinski definition) is 0. The number of likely N-dealkylation sites (tertiary alicyclic amines) is 1. The molecule has 1 aliphatic rings. The SMILES string of the molecule is Cc1ccccc1C1CN(CC(C)C)CC1CN(C(=O)c1ccccc1)C(C)C. The molecule has 3 heteroatoms. The maximum Gasteiger partial charge on any atom is 0.254 e. The van der Waals surface area contributed by atoms with Crippen molar-refractivity contribution in [2.24, 2.45) is 11.8 Å². The second-order valence-corrected chi connectivity index (χ2v) is 9.25. The fourth-order valence-corrected chi connectivity index (χ4v) is 4.69. The highest BCUT2D eigenvalue weighted by molar-refractivity contribution is 5.94. The van der Waals surface area contributed by atoms with E-state index in [4.69, 9.17) is 0 Å². The summed E-state index contributed by atoms with van der Waals surface area (Å²) in [7, 11) is 0. The van der Waals surface area contributed by atoms with Crippen LogP contribution in [0.25, 0.3) is 0 Å². The predicted octanol–water partition coefficient (Wildman–Crippen LogP) is 5.22. The molecule has 3 rings (SSSR count). The van der Waals surface area contributed by atoms with Crippen LogP contribution in [0.5, 0.6) is 0 Å². The largest absolute Gasteiger partial charge is 0.336 e. The molecule has 1 amide bonds. The first-order chi connectivity index (χ1) is 13.9. The molecule has 0 saturated carbocycles. The van der Waals surface area contributed by atoms with E-state index in [2.05, 4.69) is 68.7 Å². The molecule has 3 nitrogen and oxygen atoms in total. The Morgan fingerprint density at radius 2 is 1.66 bits per heavy atom. The van der Waals surface area contributed by atoms with Gasteiger partial charge in [0.15, 0.2) is 0 Å². The molecule has 1 fully saturated rings. The van der Waals surface area contributed by atoms with Crippen LogP contribution in [0.15, 0.2) is 54.6 Å². The molecule has 1 saturated heterocycles. The van der Waals surface area contributed by atoms with Crippen LogP contribution in [0.4, 0.5) is 0 Å². The summed E-state index contributed by atoms with van der Waals surface area (Å²) in [6.07, 6.45) is 0. The molecule has 2 atom stereocenters. The van der Waals surface area contributed by atoms with Gasteiger partial charge in [-0.3, -0.25) is 4.79 Å². The van der Waals surface area contributed by atoms with E-state index in [9.17, 15) is 4.79 Å². The van der Waals surface area contributed by atoms with E-state index >= 15 is 0 Å². The first-order valence-electron chi connectivity index (χ1n) is 11.0. The second kappa shape index (κ2) is 9.58. The number of hydrogen-bond acceptors (Lipinski definition) is 2. The van der Waals surface area contributed by atoms with Gasteiger partial charge in [-0.2, -0.15) is 0 Å². The first kappa shape index (κ1) is 21.6. The van der Waals surface area contributed by atoms with Crippen LogP contribution in [-0.4, -0.2) is 47.9 Å². The third-order valence-corrected chi connectivity index (χ3v) is 6.06. The predicted molar refractivity (Wildman–Crippen MR) is 121 cm³/mol. The van der Waals surface area contributed by atoms with Crippen LogP contribution in [0.2, 0.25) is 0 Å². The van der Waals surface area contributed by atoms with Gasteiger partial charge in [0.2, 0.25) is 0 Å². The van der Waals surface area contributed by atoms with E-state index in [-0.39, 0.29) is 11.9 Å². The van der Waals surface area contributed by atoms with Crippen LogP contribution in [0.1, 0.15) is 55.1 Å². The number of benzene rings is 2. The van der Waals surface area contributed by atoms with Crippen molar-refractivity contribution in [3.63, 3.8) is 0 Å². The van der Waals surface area contributed by atoms with Gasteiger partial charge in [0.25, 0.3) is 5.91 Å². The van der Waals surface area contributed by atoms with Crippen molar-refractivity contribution < 1.29 is 4.79 Å². The molecule has 1 aliphatic heterocycles. The van der Waals surface area contributed by atoms with Gasteiger partial charge in [0, 0.05) is 43.7 Å². The zero-order valence-corrected chi connectivity index (χ0v) is 18.6. The highest BCUT2D eigenvalue weighted by Gasteiger charge is 2.37. The molecule has 2 unspecified atom stereocenters. The fraction of sp³-hybridized carbons (Fsp3) is 0.500. The Balaban J connectivity index is 1.85. The molecule has 0 aliphatic carbocycles. The van der Waals surface area contributed by atoms with Crippen molar-refractivity contribution in [2.45, 2.75) is 46.6 Å². The van der Waals surface area contributed by atoms with E-state index in [1.807, 2.05) is 30.3 Å². The molecule has 156 valence electrons. The molecule has 0 N–H and O–H groups in total. The summed E-state index contributed by atoms with van der Waals surface area (Å²) in [5.41, 5.74) is 3.59. The number of carbonyl (C=O) groups excluding carboxylic acids is 1. The average Bonchev–Trinajstić information content (AvgIpc) is 3.07. The smallest absolute Gasteiger partial charge is 0.254 e. The highest BCUT2D eigenvalue weighted by Crippen LogP contribution is 2.35. The molecule has 2 aromatic carbocycles. The van der Waals surface area contributed by atoms with Gasteiger partial charge in [0.1, 0.15) is 0 Å². The normalized spacial score (nSPS) is 19.8. The molecule has 0 radical (unpaired) electrons. The monoisotopic (exact) mass is 392 g/mol. The Morgan fingerprint density at radius 1 is 1.00 bits per heavy atom. The van der Waals surface area contributed by atoms with Gasteiger partial charge < -0.3 is 9.80 Å². The summed E-state index contributed by atoms with van der Waals surface area (Å²) in [6.45, 7) is 15.1. The minimum atomic E-state index is 0.145. The van der Waals surface area contributed by atoms with E-state index < -0.39 is 0 Å². The Bertz CT molecular complexity index is 799. The Labute approximate surface area is 176 Å². The Morgan fingerprint density at radius 3 is 2.28 bits per heavy atom. The van der Waals surface area contributed by atoms with Crippen LogP contribution < -0.4 is 0 Å². The summed E-state index contributed by atoms with van der Waals surface area (Å²) in [5.74, 6) is 1.72. The van der Waals surface area contributed by atoms with Crippen LogP contribution >= 0.6 is 0 Å². The average molecular weight is 393 g/mol. The molecule has 1 heterocycles. The van der Waals surface area contributed by atoms with Crippen molar-refractivity contribution in [2.75, 3.05) is 26.2 Å². The second-order valence-electron chi connectivity index (χ2n) is 9.25. The van der Waals surface area contributed by atoms with Crippen molar-refractivity contribution in [3.05, 3.63) is 71.3 Å². The minimum absolute atomic E-state index is 0.145. The lowest BCUT2D eigenvalue weighted by atomic mass is 9.86. The fourth-order valence-electron chi connectivity index (χ4n) is 4.69. The van der Waals surface area contributed by atoms with Crippen LogP contribution in [0, 0.1) is 18.8 Å². The number of aryl methyl sites for hydroxylation is 1. The summed E-state index contributed by atoms with van der Waals surface area (Å²) in [4.78, 5) is 17.9. The van der Waals surface area contributed by atoms with Crippen molar-refractivity contribution >= 4 is 5.91 Å². The Hall–Kier alpha value is -2.13. The van der Waals surface area contributed by atoms with Gasteiger partial charge in [-0.15, -0.1) is 0 Å². The third kappa shape index (κ3) is 5.27. The maximum atomic E-state index is 13.3. The lowest BCUT2D eigenvalue weighted by molar-refractivity contribution is 0.0668. The molecular weight excluding hydrogens is 356 g/mol. The van der Waals surface area contributed by atoms with Gasteiger partial charge in [0.05, 0.1) is 0 Å². The zero-order chi connectivity index (χ0) is 21.0. The zero-order valence-electron chi connectivity index (χ0n) is 18.6. The number of rotatable bonds is 7. The highest BCUT2D eigenvalue weighted by atomic mass is 16.2.